The monoisotopic (exact) mass is 553 g/mol. The number of likely N-dealkylation sites (N-methyl/N-ethyl adjacent to an activating group) is 1. The number of piperidine rings is 1. The van der Waals surface area contributed by atoms with Crippen LogP contribution in [0.25, 0.3) is 0 Å². The Morgan fingerprint density at radius 2 is 1.71 bits per heavy atom. The number of benzene rings is 2. The van der Waals surface area contributed by atoms with Gasteiger partial charge < -0.3 is 14.7 Å². The average molecular weight is 554 g/mol. The van der Waals surface area contributed by atoms with Crippen molar-refractivity contribution in [1.29, 1.82) is 5.26 Å². The first-order valence-corrected chi connectivity index (χ1v) is 13.6. The fraction of sp³-hybridized carbons (Fsp3) is 0.429. The second-order valence-electron chi connectivity index (χ2n) is 10.2. The number of nitrogens with zero attached hydrogens (tertiary/aromatic N) is 5. The smallest absolute Gasteiger partial charge is 0.332 e. The zero-order valence-corrected chi connectivity index (χ0v) is 22.7. The van der Waals surface area contributed by atoms with Gasteiger partial charge in [0.1, 0.15) is 5.54 Å². The van der Waals surface area contributed by atoms with Gasteiger partial charge in [0.25, 0.3) is 5.91 Å². The van der Waals surface area contributed by atoms with Crippen LogP contribution in [0.4, 0.5) is 10.5 Å². The molecule has 3 saturated heterocycles. The number of urea groups is 1. The van der Waals surface area contributed by atoms with Crippen molar-refractivity contribution in [3.63, 3.8) is 0 Å². The summed E-state index contributed by atoms with van der Waals surface area (Å²) in [7, 11) is 1.60. The molecular formula is C28H29Cl2N5O3. The quantitative estimate of drug-likeness (QED) is 0.508. The Hall–Kier alpha value is -3.12. The molecule has 0 aromatic heterocycles. The van der Waals surface area contributed by atoms with Gasteiger partial charge in [0.2, 0.25) is 5.91 Å². The van der Waals surface area contributed by atoms with Gasteiger partial charge in [-0.2, -0.15) is 5.26 Å². The predicted molar refractivity (Wildman–Crippen MR) is 145 cm³/mol. The highest BCUT2D eigenvalue weighted by Crippen LogP contribution is 2.46. The van der Waals surface area contributed by atoms with E-state index >= 15 is 0 Å². The van der Waals surface area contributed by atoms with Crippen molar-refractivity contribution in [3.8, 4) is 6.07 Å². The van der Waals surface area contributed by atoms with Crippen LogP contribution in [-0.4, -0.2) is 77.9 Å². The predicted octanol–water partition coefficient (Wildman–Crippen LogP) is 4.50. The zero-order chi connectivity index (χ0) is 27.0. The lowest BCUT2D eigenvalue weighted by Crippen LogP contribution is -2.54. The number of hydrogen-bond acceptors (Lipinski definition) is 5. The molecule has 0 N–H and O–H groups in total. The lowest BCUT2D eigenvalue weighted by Gasteiger charge is -2.33. The van der Waals surface area contributed by atoms with Gasteiger partial charge in [-0.3, -0.25) is 9.59 Å². The van der Waals surface area contributed by atoms with E-state index in [2.05, 4.69) is 11.0 Å². The summed E-state index contributed by atoms with van der Waals surface area (Å²) < 4.78 is 0. The van der Waals surface area contributed by atoms with Crippen molar-refractivity contribution >= 4 is 46.7 Å². The average Bonchev–Trinajstić information content (AvgIpc) is 3.40. The van der Waals surface area contributed by atoms with E-state index in [0.717, 1.165) is 36.4 Å². The maximum atomic E-state index is 14.2. The minimum absolute atomic E-state index is 0.0380. The summed E-state index contributed by atoms with van der Waals surface area (Å²) >= 11 is 12.4. The number of rotatable bonds is 5. The highest BCUT2D eigenvalue weighted by molar-refractivity contribution is 6.35. The molecule has 5 rings (SSSR count). The van der Waals surface area contributed by atoms with Gasteiger partial charge >= 0.3 is 6.03 Å². The molecule has 2 atom stereocenters. The van der Waals surface area contributed by atoms with Gasteiger partial charge in [-0.1, -0.05) is 41.8 Å². The molecule has 0 radical (unpaired) electrons. The first-order chi connectivity index (χ1) is 18.2. The van der Waals surface area contributed by atoms with E-state index in [1.54, 1.807) is 36.2 Å². The number of likely N-dealkylation sites (tertiary alicyclic amines) is 2. The van der Waals surface area contributed by atoms with E-state index in [1.165, 1.54) is 29.5 Å². The second kappa shape index (κ2) is 10.6. The van der Waals surface area contributed by atoms with Crippen LogP contribution in [0.15, 0.2) is 42.5 Å². The lowest BCUT2D eigenvalue weighted by molar-refractivity contribution is -0.131. The van der Waals surface area contributed by atoms with E-state index < -0.39 is 23.4 Å². The molecule has 0 bridgehead atoms. The van der Waals surface area contributed by atoms with Crippen LogP contribution >= 0.6 is 23.2 Å². The van der Waals surface area contributed by atoms with Crippen molar-refractivity contribution in [3.05, 3.63) is 63.6 Å². The first kappa shape index (κ1) is 26.5. The van der Waals surface area contributed by atoms with Crippen LogP contribution in [0.1, 0.15) is 42.7 Å². The van der Waals surface area contributed by atoms with Gasteiger partial charge in [0.15, 0.2) is 0 Å². The van der Waals surface area contributed by atoms with Crippen molar-refractivity contribution in [2.45, 2.75) is 37.1 Å². The summed E-state index contributed by atoms with van der Waals surface area (Å²) in [4.78, 5) is 47.8. The number of nitriles is 1. The van der Waals surface area contributed by atoms with Gasteiger partial charge in [-0.15, -0.1) is 0 Å². The van der Waals surface area contributed by atoms with Crippen LogP contribution in [0, 0.1) is 11.3 Å². The highest BCUT2D eigenvalue weighted by Gasteiger charge is 2.64. The number of anilines is 1. The van der Waals surface area contributed by atoms with Crippen molar-refractivity contribution in [2.24, 2.45) is 0 Å². The Kier molecular flexibility index (Phi) is 7.36. The molecule has 10 heteroatoms. The molecule has 0 unspecified atom stereocenters. The summed E-state index contributed by atoms with van der Waals surface area (Å²) in [5, 5.41) is 9.88. The normalized spacial score (nSPS) is 23.9. The Labute approximate surface area is 232 Å². The minimum atomic E-state index is -1.30. The van der Waals surface area contributed by atoms with E-state index in [9.17, 15) is 19.6 Å². The Bertz CT molecular complexity index is 1280. The molecule has 1 spiro atoms. The lowest BCUT2D eigenvalue weighted by atomic mass is 9.80. The third kappa shape index (κ3) is 4.64. The number of amides is 4. The molecule has 2 aromatic rings. The molecule has 4 amide bonds. The van der Waals surface area contributed by atoms with Crippen LogP contribution in [0.3, 0.4) is 0 Å². The topological polar surface area (TPSA) is 88.0 Å². The first-order valence-electron chi connectivity index (χ1n) is 12.8. The molecule has 3 fully saturated rings. The number of imide groups is 1. The largest absolute Gasteiger partial charge is 0.339 e. The summed E-state index contributed by atoms with van der Waals surface area (Å²) in [6, 6.07) is 13.2. The Morgan fingerprint density at radius 3 is 2.34 bits per heavy atom. The molecule has 38 heavy (non-hydrogen) atoms. The van der Waals surface area contributed by atoms with Crippen molar-refractivity contribution < 1.29 is 14.4 Å². The molecule has 198 valence electrons. The standard InChI is InChI=1S/C28H29Cl2N5O3/c1-32-27(38)35(23-14-21(29)13-22(30)15-23)26(37)28(32)18-34(25(36)9-12-33-10-3-2-4-11-33)17-24(28)20-7-5-19(16-31)6-8-20/h5-8,13-15,24H,2-4,9-12,17-18H2,1H3/t24-,28+/m0/s1. The molecule has 3 heterocycles. The zero-order valence-electron chi connectivity index (χ0n) is 21.2. The fourth-order valence-electron chi connectivity index (χ4n) is 5.99. The SMILES string of the molecule is CN1C(=O)N(c2cc(Cl)cc(Cl)c2)C(=O)[C@]12CN(C(=O)CCN1CCCCC1)C[C@H]2c1ccc(C#N)cc1. The third-order valence-corrected chi connectivity index (χ3v) is 8.49. The van der Waals surface area contributed by atoms with Crippen LogP contribution in [-0.2, 0) is 9.59 Å². The maximum absolute atomic E-state index is 14.2. The third-order valence-electron chi connectivity index (χ3n) is 8.05. The van der Waals surface area contributed by atoms with Gasteiger partial charge in [0.05, 0.1) is 23.9 Å². The maximum Gasteiger partial charge on any atom is 0.332 e. The summed E-state index contributed by atoms with van der Waals surface area (Å²) in [6.07, 6.45) is 3.87. The minimum Gasteiger partial charge on any atom is -0.339 e. The molecule has 8 nitrogen and oxygen atoms in total. The number of halogens is 2. The summed E-state index contributed by atoms with van der Waals surface area (Å²) in [6.45, 7) is 3.05. The molecular weight excluding hydrogens is 525 g/mol. The van der Waals surface area contributed by atoms with Crippen LogP contribution in [0.5, 0.6) is 0 Å². The van der Waals surface area contributed by atoms with E-state index in [-0.39, 0.29) is 24.7 Å². The fourth-order valence-corrected chi connectivity index (χ4v) is 6.50. The summed E-state index contributed by atoms with van der Waals surface area (Å²) in [5.41, 5.74) is 0.262. The van der Waals surface area contributed by atoms with Crippen LogP contribution < -0.4 is 4.90 Å². The summed E-state index contributed by atoms with van der Waals surface area (Å²) in [5.74, 6) is -0.941. The van der Waals surface area contributed by atoms with Gasteiger partial charge in [0, 0.05) is 42.5 Å². The van der Waals surface area contributed by atoms with Crippen molar-refractivity contribution in [2.75, 3.05) is 44.7 Å². The Balaban J connectivity index is 1.49. The highest BCUT2D eigenvalue weighted by atomic mass is 35.5. The molecule has 2 aromatic carbocycles. The molecule has 0 saturated carbocycles. The van der Waals surface area contributed by atoms with Gasteiger partial charge in [-0.05, 0) is 61.8 Å². The van der Waals surface area contributed by atoms with Crippen molar-refractivity contribution in [1.82, 2.24) is 14.7 Å². The second-order valence-corrected chi connectivity index (χ2v) is 11.1. The number of hydrogen-bond donors (Lipinski definition) is 0. The number of carbonyl (C=O) groups is 3. The number of carbonyl (C=O) groups excluding carboxylic acids is 3. The molecule has 3 aliphatic heterocycles. The Morgan fingerprint density at radius 1 is 1.05 bits per heavy atom. The van der Waals surface area contributed by atoms with E-state index in [1.807, 2.05) is 0 Å². The molecule has 0 aliphatic carbocycles. The van der Waals surface area contributed by atoms with E-state index in [0.29, 0.717) is 28.6 Å². The molecule has 3 aliphatic rings. The van der Waals surface area contributed by atoms with E-state index in [4.69, 9.17) is 23.2 Å². The van der Waals surface area contributed by atoms with Gasteiger partial charge in [-0.25, -0.2) is 9.69 Å². The van der Waals surface area contributed by atoms with Crippen LogP contribution in [0.2, 0.25) is 10.0 Å².